The number of carbonyl (C=O) groups is 2. The summed E-state index contributed by atoms with van der Waals surface area (Å²) in [4.78, 5) is 23.8. The fraction of sp³-hybridized carbons (Fsp3) is 0.333. The zero-order chi connectivity index (χ0) is 19.8. The van der Waals surface area contributed by atoms with E-state index in [1.807, 2.05) is 39.8 Å². The average Bonchev–Trinajstić information content (AvgIpc) is 2.62. The van der Waals surface area contributed by atoms with Gasteiger partial charge >= 0.3 is 5.97 Å². The first-order chi connectivity index (χ1) is 12.9. The molecule has 6 nitrogen and oxygen atoms in total. The van der Waals surface area contributed by atoms with E-state index in [4.69, 9.17) is 14.2 Å². The predicted molar refractivity (Wildman–Crippen MR) is 103 cm³/mol. The van der Waals surface area contributed by atoms with Gasteiger partial charge in [0, 0.05) is 5.69 Å². The Bertz CT molecular complexity index is 776. The fourth-order valence-electron chi connectivity index (χ4n) is 2.68. The maximum Gasteiger partial charge on any atom is 0.344 e. The molecule has 0 atom stereocenters. The maximum absolute atomic E-state index is 12.0. The Hall–Kier alpha value is -3.02. The molecule has 0 radical (unpaired) electrons. The minimum Gasteiger partial charge on any atom is -0.494 e. The van der Waals surface area contributed by atoms with E-state index in [9.17, 15) is 9.59 Å². The topological polar surface area (TPSA) is 73.9 Å². The van der Waals surface area contributed by atoms with Crippen LogP contribution in [0.15, 0.2) is 36.4 Å². The Morgan fingerprint density at radius 3 is 2.00 bits per heavy atom. The van der Waals surface area contributed by atoms with Gasteiger partial charge in [-0.1, -0.05) is 17.7 Å². The normalized spacial score (nSPS) is 10.2. The molecular weight excluding hydrogens is 346 g/mol. The summed E-state index contributed by atoms with van der Waals surface area (Å²) in [5.41, 5.74) is 3.80. The lowest BCUT2D eigenvalue weighted by Gasteiger charge is -2.13. The van der Waals surface area contributed by atoms with Crippen molar-refractivity contribution >= 4 is 17.6 Å². The van der Waals surface area contributed by atoms with Crippen LogP contribution in [-0.2, 0) is 14.3 Å². The van der Waals surface area contributed by atoms with E-state index in [2.05, 4.69) is 5.32 Å². The molecule has 27 heavy (non-hydrogen) atoms. The summed E-state index contributed by atoms with van der Waals surface area (Å²) in [6.45, 7) is 7.69. The Balaban J connectivity index is 1.77. The third-order valence-electron chi connectivity index (χ3n) is 3.80. The van der Waals surface area contributed by atoms with Crippen LogP contribution in [0.5, 0.6) is 11.5 Å². The standard InChI is InChI=1S/C21H25NO5/c1-5-25-17-6-8-18(9-7-17)26-13-20(24)27-12-19(23)22-21-15(3)10-14(2)11-16(21)4/h6-11H,5,12-13H2,1-4H3,(H,22,23). The minimum absolute atomic E-state index is 0.274. The second-order valence-corrected chi connectivity index (χ2v) is 6.18. The van der Waals surface area contributed by atoms with Gasteiger partial charge < -0.3 is 19.5 Å². The van der Waals surface area contributed by atoms with Crippen molar-refractivity contribution in [2.75, 3.05) is 25.1 Å². The SMILES string of the molecule is CCOc1ccc(OCC(=O)OCC(=O)Nc2c(C)cc(C)cc2C)cc1. The summed E-state index contributed by atoms with van der Waals surface area (Å²) in [6, 6.07) is 10.9. The van der Waals surface area contributed by atoms with Crippen LogP contribution in [0.4, 0.5) is 5.69 Å². The van der Waals surface area contributed by atoms with Gasteiger partial charge in [0.1, 0.15) is 11.5 Å². The molecule has 2 aromatic rings. The van der Waals surface area contributed by atoms with Crippen LogP contribution in [0.3, 0.4) is 0 Å². The number of hydrogen-bond donors (Lipinski definition) is 1. The van der Waals surface area contributed by atoms with E-state index < -0.39 is 5.97 Å². The van der Waals surface area contributed by atoms with Crippen molar-refractivity contribution in [2.45, 2.75) is 27.7 Å². The van der Waals surface area contributed by atoms with Crippen molar-refractivity contribution in [3.05, 3.63) is 53.1 Å². The summed E-state index contributed by atoms with van der Waals surface area (Å²) < 4.78 is 15.6. The summed E-state index contributed by atoms with van der Waals surface area (Å²) in [6.07, 6.45) is 0. The average molecular weight is 371 g/mol. The van der Waals surface area contributed by atoms with E-state index >= 15 is 0 Å². The summed E-state index contributed by atoms with van der Waals surface area (Å²) >= 11 is 0. The number of benzene rings is 2. The molecule has 0 aliphatic carbocycles. The van der Waals surface area contributed by atoms with E-state index in [1.165, 1.54) is 0 Å². The molecule has 1 amide bonds. The largest absolute Gasteiger partial charge is 0.494 e. The van der Waals surface area contributed by atoms with Gasteiger partial charge in [-0.15, -0.1) is 0 Å². The van der Waals surface area contributed by atoms with Gasteiger partial charge in [0.25, 0.3) is 5.91 Å². The van der Waals surface area contributed by atoms with Crippen molar-refractivity contribution in [3.63, 3.8) is 0 Å². The number of anilines is 1. The molecule has 0 spiro atoms. The monoisotopic (exact) mass is 371 g/mol. The van der Waals surface area contributed by atoms with Gasteiger partial charge in [0.05, 0.1) is 6.61 Å². The lowest BCUT2D eigenvalue weighted by molar-refractivity contribution is -0.149. The number of ether oxygens (including phenoxy) is 3. The quantitative estimate of drug-likeness (QED) is 0.718. The minimum atomic E-state index is -0.614. The third kappa shape index (κ3) is 6.33. The smallest absolute Gasteiger partial charge is 0.344 e. The predicted octanol–water partition coefficient (Wildman–Crippen LogP) is 3.57. The van der Waals surface area contributed by atoms with Crippen LogP contribution in [0.25, 0.3) is 0 Å². The molecule has 0 aromatic heterocycles. The van der Waals surface area contributed by atoms with E-state index in [1.54, 1.807) is 24.3 Å². The number of amides is 1. The van der Waals surface area contributed by atoms with Crippen LogP contribution in [0.2, 0.25) is 0 Å². The number of hydrogen-bond acceptors (Lipinski definition) is 5. The lowest BCUT2D eigenvalue weighted by Crippen LogP contribution is -2.24. The lowest BCUT2D eigenvalue weighted by atomic mass is 10.1. The van der Waals surface area contributed by atoms with Crippen molar-refractivity contribution in [2.24, 2.45) is 0 Å². The van der Waals surface area contributed by atoms with Gasteiger partial charge in [0.15, 0.2) is 13.2 Å². The molecule has 0 saturated heterocycles. The first-order valence-corrected chi connectivity index (χ1v) is 8.78. The molecule has 0 saturated carbocycles. The molecule has 0 aliphatic rings. The number of aryl methyl sites for hydroxylation is 3. The van der Waals surface area contributed by atoms with Gasteiger partial charge in [-0.25, -0.2) is 4.79 Å². The Kier molecular flexibility index (Phi) is 7.23. The molecule has 0 aliphatic heterocycles. The van der Waals surface area contributed by atoms with Crippen molar-refractivity contribution in [1.29, 1.82) is 0 Å². The highest BCUT2D eigenvalue weighted by molar-refractivity contribution is 5.94. The Morgan fingerprint density at radius 2 is 1.44 bits per heavy atom. The zero-order valence-electron chi connectivity index (χ0n) is 16.1. The second kappa shape index (κ2) is 9.62. The van der Waals surface area contributed by atoms with Crippen LogP contribution in [0.1, 0.15) is 23.6 Å². The Labute approximate surface area is 159 Å². The van der Waals surface area contributed by atoms with Crippen molar-refractivity contribution < 1.29 is 23.8 Å². The molecule has 2 rings (SSSR count). The van der Waals surface area contributed by atoms with Crippen LogP contribution in [-0.4, -0.2) is 31.7 Å². The molecule has 144 valence electrons. The molecule has 0 bridgehead atoms. The van der Waals surface area contributed by atoms with Crippen molar-refractivity contribution in [1.82, 2.24) is 0 Å². The van der Waals surface area contributed by atoms with Gasteiger partial charge in [0.2, 0.25) is 0 Å². The third-order valence-corrected chi connectivity index (χ3v) is 3.80. The van der Waals surface area contributed by atoms with E-state index in [-0.39, 0.29) is 19.1 Å². The van der Waals surface area contributed by atoms with Crippen LogP contribution >= 0.6 is 0 Å². The number of rotatable bonds is 8. The molecule has 6 heteroatoms. The first-order valence-electron chi connectivity index (χ1n) is 8.78. The molecule has 0 unspecified atom stereocenters. The zero-order valence-corrected chi connectivity index (χ0v) is 16.1. The molecule has 2 aromatic carbocycles. The van der Waals surface area contributed by atoms with E-state index in [0.29, 0.717) is 12.4 Å². The van der Waals surface area contributed by atoms with Gasteiger partial charge in [-0.2, -0.15) is 0 Å². The number of esters is 1. The number of nitrogens with one attached hydrogen (secondary N) is 1. The molecule has 0 fully saturated rings. The highest BCUT2D eigenvalue weighted by Crippen LogP contribution is 2.21. The maximum atomic E-state index is 12.0. The summed E-state index contributed by atoms with van der Waals surface area (Å²) in [5, 5.41) is 2.78. The first kappa shape index (κ1) is 20.3. The summed E-state index contributed by atoms with van der Waals surface area (Å²) in [5.74, 6) is 0.243. The highest BCUT2D eigenvalue weighted by Gasteiger charge is 2.11. The highest BCUT2D eigenvalue weighted by atomic mass is 16.6. The summed E-state index contributed by atoms with van der Waals surface area (Å²) in [7, 11) is 0. The fourth-order valence-corrected chi connectivity index (χ4v) is 2.68. The van der Waals surface area contributed by atoms with Gasteiger partial charge in [-0.05, 0) is 63.1 Å². The molecule has 1 N–H and O–H groups in total. The Morgan fingerprint density at radius 1 is 0.889 bits per heavy atom. The second-order valence-electron chi connectivity index (χ2n) is 6.18. The molecule has 0 heterocycles. The van der Waals surface area contributed by atoms with Gasteiger partial charge in [-0.3, -0.25) is 4.79 Å². The molecular formula is C21H25NO5. The van der Waals surface area contributed by atoms with E-state index in [0.717, 1.165) is 28.1 Å². The van der Waals surface area contributed by atoms with Crippen LogP contribution < -0.4 is 14.8 Å². The van der Waals surface area contributed by atoms with Crippen molar-refractivity contribution in [3.8, 4) is 11.5 Å². The van der Waals surface area contributed by atoms with Crippen LogP contribution in [0, 0.1) is 20.8 Å². The number of carbonyl (C=O) groups excluding carboxylic acids is 2.